The maximum atomic E-state index is 13.1. The Morgan fingerprint density at radius 1 is 0.975 bits per heavy atom. The van der Waals surface area contributed by atoms with E-state index in [2.05, 4.69) is 76.3 Å². The van der Waals surface area contributed by atoms with Gasteiger partial charge >= 0.3 is 0 Å². The molecule has 0 saturated carbocycles. The molecule has 0 spiro atoms. The average Bonchev–Trinajstić information content (AvgIpc) is 3.17. The van der Waals surface area contributed by atoms with Gasteiger partial charge in [-0.15, -0.1) is 0 Å². The largest absolute Gasteiger partial charge is 0.491 e. The van der Waals surface area contributed by atoms with Crippen LogP contribution in [-0.4, -0.2) is 25.9 Å². The van der Waals surface area contributed by atoms with E-state index in [1.54, 1.807) is 24.3 Å². The first-order chi connectivity index (χ1) is 19.2. The molecule has 3 atom stereocenters. The molecule has 214 valence electrons. The average molecular weight is 561 g/mol. The van der Waals surface area contributed by atoms with Gasteiger partial charge in [-0.1, -0.05) is 81.8 Å². The summed E-state index contributed by atoms with van der Waals surface area (Å²) >= 11 is 0. The number of hydrogen-bond donors (Lipinski definition) is 0. The highest BCUT2D eigenvalue weighted by molar-refractivity contribution is 7.92. The van der Waals surface area contributed by atoms with Crippen LogP contribution in [0.25, 0.3) is 0 Å². The molecule has 0 radical (unpaired) electrons. The van der Waals surface area contributed by atoms with E-state index in [1.807, 2.05) is 18.2 Å². The molecule has 0 N–H and O–H groups in total. The van der Waals surface area contributed by atoms with E-state index in [9.17, 15) is 8.42 Å². The zero-order chi connectivity index (χ0) is 28.6. The van der Waals surface area contributed by atoms with Gasteiger partial charge < -0.3 is 9.47 Å². The minimum Gasteiger partial charge on any atom is -0.491 e. The van der Waals surface area contributed by atoms with Crippen molar-refractivity contribution in [3.05, 3.63) is 108 Å². The highest BCUT2D eigenvalue weighted by atomic mass is 32.2. The fourth-order valence-electron chi connectivity index (χ4n) is 5.45. The summed E-state index contributed by atoms with van der Waals surface area (Å²) in [7, 11) is -3.33. The Kier molecular flexibility index (Phi) is 10.1. The van der Waals surface area contributed by atoms with Gasteiger partial charge in [-0.05, 0) is 86.6 Å². The zero-order valence-electron chi connectivity index (χ0n) is 24.4. The van der Waals surface area contributed by atoms with E-state index in [4.69, 9.17) is 9.47 Å². The molecule has 4 rings (SSSR count). The van der Waals surface area contributed by atoms with Gasteiger partial charge in [0.05, 0.1) is 16.2 Å². The summed E-state index contributed by atoms with van der Waals surface area (Å²) < 4.78 is 38.6. The molecular formula is C35H44O4S. The molecule has 3 unspecified atom stereocenters. The summed E-state index contributed by atoms with van der Waals surface area (Å²) in [4.78, 5) is 0.411. The van der Waals surface area contributed by atoms with Gasteiger partial charge in [-0.25, -0.2) is 8.42 Å². The first kappa shape index (κ1) is 29.9. The number of rotatable bonds is 10. The molecule has 5 heteroatoms. The van der Waals surface area contributed by atoms with Gasteiger partial charge in [0.25, 0.3) is 0 Å². The van der Waals surface area contributed by atoms with Crippen molar-refractivity contribution in [1.29, 1.82) is 0 Å². The lowest BCUT2D eigenvalue weighted by Crippen LogP contribution is -2.23. The standard InChI is InChI=1S/C35H44O4S/c1-5-12-27(2)38-32-25-22-29(23-26-32)35(3,4)28-13-9-14-31(24-21-28)39-30-15-10-19-34(20-11-16-30)40(36,37)33-17-7-6-8-18-33/h6-10,13,15,17-18,21-27,30,34H,5,11-12,14,16,19-20H2,1-4H3. The minimum atomic E-state index is -3.33. The van der Waals surface area contributed by atoms with Gasteiger partial charge in [-0.2, -0.15) is 0 Å². The maximum absolute atomic E-state index is 13.1. The third-order valence-electron chi connectivity index (χ3n) is 7.97. The number of allylic oxidation sites excluding steroid dienone is 6. The zero-order valence-corrected chi connectivity index (χ0v) is 25.2. The van der Waals surface area contributed by atoms with Crippen LogP contribution in [0.4, 0.5) is 0 Å². The van der Waals surface area contributed by atoms with Crippen LogP contribution >= 0.6 is 0 Å². The molecule has 0 bridgehead atoms. The third-order valence-corrected chi connectivity index (χ3v) is 10.2. The van der Waals surface area contributed by atoms with Crippen molar-refractivity contribution in [1.82, 2.24) is 0 Å². The predicted molar refractivity (Wildman–Crippen MR) is 164 cm³/mol. The van der Waals surface area contributed by atoms with E-state index < -0.39 is 9.84 Å². The number of hydrogen-bond acceptors (Lipinski definition) is 4. The van der Waals surface area contributed by atoms with Crippen LogP contribution in [0.15, 0.2) is 107 Å². The van der Waals surface area contributed by atoms with E-state index in [1.165, 1.54) is 11.1 Å². The van der Waals surface area contributed by atoms with Gasteiger partial charge in [0.15, 0.2) is 9.84 Å². The van der Waals surface area contributed by atoms with Gasteiger partial charge in [-0.3, -0.25) is 0 Å². The second kappa shape index (κ2) is 13.5. The molecule has 2 aromatic carbocycles. The second-order valence-electron chi connectivity index (χ2n) is 11.5. The molecule has 40 heavy (non-hydrogen) atoms. The van der Waals surface area contributed by atoms with Crippen molar-refractivity contribution < 1.29 is 17.9 Å². The monoisotopic (exact) mass is 560 g/mol. The summed E-state index contributed by atoms with van der Waals surface area (Å²) in [6, 6.07) is 17.3. The summed E-state index contributed by atoms with van der Waals surface area (Å²) in [6.45, 7) is 8.79. The maximum Gasteiger partial charge on any atom is 0.181 e. The van der Waals surface area contributed by atoms with Crippen LogP contribution in [0, 0.1) is 0 Å². The van der Waals surface area contributed by atoms with E-state index in [0.29, 0.717) is 17.7 Å². The topological polar surface area (TPSA) is 52.6 Å². The molecule has 2 aliphatic rings. The van der Waals surface area contributed by atoms with Crippen LogP contribution in [-0.2, 0) is 20.0 Å². The summed E-state index contributed by atoms with van der Waals surface area (Å²) in [5.74, 6) is 1.84. The number of sulfone groups is 1. The third kappa shape index (κ3) is 7.57. The Bertz CT molecular complexity index is 1330. The van der Waals surface area contributed by atoms with Crippen LogP contribution in [0.1, 0.15) is 78.2 Å². The molecule has 0 aromatic heterocycles. The molecule has 0 heterocycles. The van der Waals surface area contributed by atoms with Crippen molar-refractivity contribution in [3.63, 3.8) is 0 Å². The second-order valence-corrected chi connectivity index (χ2v) is 13.7. The molecule has 0 fully saturated rings. The van der Waals surface area contributed by atoms with E-state index >= 15 is 0 Å². The van der Waals surface area contributed by atoms with Gasteiger partial charge in [0, 0.05) is 11.8 Å². The molecule has 0 aliphatic heterocycles. The van der Waals surface area contributed by atoms with Gasteiger partial charge in [0.1, 0.15) is 17.6 Å². The molecule has 0 amide bonds. The lowest BCUT2D eigenvalue weighted by molar-refractivity contribution is 0.139. The molecule has 2 aliphatic carbocycles. The fraction of sp³-hybridized carbons (Fsp3) is 0.429. The van der Waals surface area contributed by atoms with Gasteiger partial charge in [0.2, 0.25) is 0 Å². The highest BCUT2D eigenvalue weighted by Gasteiger charge is 2.28. The van der Waals surface area contributed by atoms with Crippen molar-refractivity contribution >= 4 is 9.84 Å². The molecule has 0 saturated heterocycles. The van der Waals surface area contributed by atoms with Crippen molar-refractivity contribution in [2.24, 2.45) is 0 Å². The Hall–Kier alpha value is -3.05. The molecule has 4 nitrogen and oxygen atoms in total. The fourth-order valence-corrected chi connectivity index (χ4v) is 7.21. The normalized spacial score (nSPS) is 20.9. The predicted octanol–water partition coefficient (Wildman–Crippen LogP) is 8.66. The summed E-state index contributed by atoms with van der Waals surface area (Å²) in [5.41, 5.74) is 2.29. The lowest BCUT2D eigenvalue weighted by atomic mass is 9.77. The lowest BCUT2D eigenvalue weighted by Gasteiger charge is -2.27. The van der Waals surface area contributed by atoms with E-state index in [0.717, 1.165) is 43.6 Å². The Morgan fingerprint density at radius 2 is 1.73 bits per heavy atom. The quantitative estimate of drug-likeness (QED) is 0.273. The molecular weight excluding hydrogens is 516 g/mol. The summed E-state index contributed by atoms with van der Waals surface area (Å²) in [5, 5.41) is -0.389. The smallest absolute Gasteiger partial charge is 0.181 e. The minimum absolute atomic E-state index is 0.0503. The number of ether oxygens (including phenoxy) is 2. The van der Waals surface area contributed by atoms with E-state index in [-0.39, 0.29) is 22.9 Å². The first-order valence-corrected chi connectivity index (χ1v) is 16.2. The molecule has 2 aromatic rings. The summed E-state index contributed by atoms with van der Waals surface area (Å²) in [6.07, 6.45) is 18.5. The van der Waals surface area contributed by atoms with Crippen LogP contribution in [0.3, 0.4) is 0 Å². The Morgan fingerprint density at radius 3 is 2.45 bits per heavy atom. The van der Waals surface area contributed by atoms with Crippen molar-refractivity contribution in [3.8, 4) is 5.75 Å². The van der Waals surface area contributed by atoms with Crippen LogP contribution in [0.2, 0.25) is 0 Å². The van der Waals surface area contributed by atoms with Crippen LogP contribution in [0.5, 0.6) is 5.75 Å². The van der Waals surface area contributed by atoms with Crippen molar-refractivity contribution in [2.75, 3.05) is 0 Å². The highest BCUT2D eigenvalue weighted by Crippen LogP contribution is 2.35. The first-order valence-electron chi connectivity index (χ1n) is 14.7. The number of benzene rings is 2. The SMILES string of the molecule is CCCC(C)Oc1ccc(C(C)(C)C2=CC=C(OC3C=CCC(S(=O)(=O)c4ccccc4)CCC3)CC=C2)cc1. The Labute approximate surface area is 241 Å². The Balaban J connectivity index is 1.39. The van der Waals surface area contributed by atoms with Crippen molar-refractivity contribution in [2.45, 2.75) is 100 Å². The van der Waals surface area contributed by atoms with Crippen LogP contribution < -0.4 is 4.74 Å².